The number of carbonyl (C=O) groups is 3. The van der Waals surface area contributed by atoms with Crippen LogP contribution in [0.3, 0.4) is 0 Å². The Bertz CT molecular complexity index is 881. The Balaban J connectivity index is 1.95. The normalized spacial score (nSPS) is 10.9. The number of anilines is 2. The van der Waals surface area contributed by atoms with Crippen molar-refractivity contribution in [3.05, 3.63) is 59.2 Å². The number of nitrogens with one attached hydrogen (secondary N) is 3. The van der Waals surface area contributed by atoms with E-state index in [2.05, 4.69) is 36.7 Å². The molecule has 0 heterocycles. The van der Waals surface area contributed by atoms with Gasteiger partial charge >= 0.3 is 0 Å². The zero-order valence-electron chi connectivity index (χ0n) is 17.0. The Morgan fingerprint density at radius 2 is 1.46 bits per heavy atom. The van der Waals surface area contributed by atoms with Crippen LogP contribution in [-0.2, 0) is 15.0 Å². The number of amides is 3. The van der Waals surface area contributed by atoms with Gasteiger partial charge in [-0.25, -0.2) is 0 Å². The van der Waals surface area contributed by atoms with E-state index < -0.39 is 0 Å². The first-order valence-corrected chi connectivity index (χ1v) is 9.13. The predicted octanol–water partition coefficient (Wildman–Crippen LogP) is 3.62. The van der Waals surface area contributed by atoms with Gasteiger partial charge in [0.2, 0.25) is 11.8 Å². The van der Waals surface area contributed by atoms with Crippen LogP contribution in [0, 0.1) is 6.92 Å². The van der Waals surface area contributed by atoms with Crippen LogP contribution in [0.1, 0.15) is 49.2 Å². The summed E-state index contributed by atoms with van der Waals surface area (Å²) >= 11 is 0. The second-order valence-corrected chi connectivity index (χ2v) is 7.72. The third kappa shape index (κ3) is 5.67. The van der Waals surface area contributed by atoms with E-state index in [4.69, 9.17) is 0 Å². The van der Waals surface area contributed by atoms with Gasteiger partial charge in [-0.2, -0.15) is 0 Å². The van der Waals surface area contributed by atoms with E-state index in [9.17, 15) is 14.4 Å². The van der Waals surface area contributed by atoms with Crippen LogP contribution in [0.15, 0.2) is 42.5 Å². The SMILES string of the molecule is CC(=O)Nc1cccc(NC(=O)CNC(=O)c2ccc(C(C)(C)C)cc2)c1C. The van der Waals surface area contributed by atoms with Gasteiger partial charge in [0, 0.05) is 23.9 Å². The second kappa shape index (κ2) is 8.69. The van der Waals surface area contributed by atoms with Crippen LogP contribution in [0.25, 0.3) is 0 Å². The maximum absolute atomic E-state index is 12.3. The third-order valence-electron chi connectivity index (χ3n) is 4.34. The highest BCUT2D eigenvalue weighted by atomic mass is 16.2. The van der Waals surface area contributed by atoms with E-state index in [1.807, 2.05) is 12.1 Å². The summed E-state index contributed by atoms with van der Waals surface area (Å²) in [5.41, 5.74) is 3.61. The fourth-order valence-electron chi connectivity index (χ4n) is 2.67. The Morgan fingerprint density at radius 1 is 0.893 bits per heavy atom. The molecule has 0 unspecified atom stereocenters. The van der Waals surface area contributed by atoms with Crippen LogP contribution in [0.4, 0.5) is 11.4 Å². The Hall–Kier alpha value is -3.15. The molecule has 28 heavy (non-hydrogen) atoms. The molecule has 0 spiro atoms. The molecule has 6 nitrogen and oxygen atoms in total. The fraction of sp³-hybridized carbons (Fsp3) is 0.318. The van der Waals surface area contributed by atoms with Crippen molar-refractivity contribution >= 4 is 29.1 Å². The fourth-order valence-corrected chi connectivity index (χ4v) is 2.67. The summed E-state index contributed by atoms with van der Waals surface area (Å²) in [6, 6.07) is 12.6. The molecule has 6 heteroatoms. The van der Waals surface area contributed by atoms with Gasteiger partial charge in [0.05, 0.1) is 6.54 Å². The van der Waals surface area contributed by atoms with Crippen molar-refractivity contribution in [3.8, 4) is 0 Å². The number of hydrogen-bond acceptors (Lipinski definition) is 3. The predicted molar refractivity (Wildman–Crippen MR) is 112 cm³/mol. The highest BCUT2D eigenvalue weighted by Crippen LogP contribution is 2.23. The Labute approximate surface area is 165 Å². The maximum Gasteiger partial charge on any atom is 0.251 e. The van der Waals surface area contributed by atoms with Gasteiger partial charge < -0.3 is 16.0 Å². The van der Waals surface area contributed by atoms with Gasteiger partial charge in [0.25, 0.3) is 5.91 Å². The average Bonchev–Trinajstić information content (AvgIpc) is 2.62. The molecule has 0 radical (unpaired) electrons. The molecule has 0 aromatic heterocycles. The minimum atomic E-state index is -0.345. The molecule has 3 N–H and O–H groups in total. The Morgan fingerprint density at radius 3 is 2.00 bits per heavy atom. The molecule has 0 atom stereocenters. The number of carbonyl (C=O) groups excluding carboxylic acids is 3. The molecule has 0 bridgehead atoms. The number of rotatable bonds is 5. The van der Waals surface area contributed by atoms with Crippen LogP contribution in [0.2, 0.25) is 0 Å². The van der Waals surface area contributed by atoms with Crippen molar-refractivity contribution in [1.82, 2.24) is 5.32 Å². The first kappa shape index (κ1) is 21.2. The molecule has 0 aliphatic rings. The molecule has 0 fully saturated rings. The lowest BCUT2D eigenvalue weighted by atomic mass is 9.87. The van der Waals surface area contributed by atoms with E-state index in [1.165, 1.54) is 6.92 Å². The lowest BCUT2D eigenvalue weighted by molar-refractivity contribution is -0.115. The largest absolute Gasteiger partial charge is 0.343 e. The first-order valence-electron chi connectivity index (χ1n) is 9.13. The van der Waals surface area contributed by atoms with E-state index in [0.29, 0.717) is 16.9 Å². The number of hydrogen-bond donors (Lipinski definition) is 3. The van der Waals surface area contributed by atoms with Crippen LogP contribution in [-0.4, -0.2) is 24.3 Å². The van der Waals surface area contributed by atoms with Crippen molar-refractivity contribution in [2.45, 2.75) is 40.0 Å². The maximum atomic E-state index is 12.3. The van der Waals surface area contributed by atoms with E-state index >= 15 is 0 Å². The van der Waals surface area contributed by atoms with Gasteiger partial charge in [-0.05, 0) is 47.7 Å². The summed E-state index contributed by atoms with van der Waals surface area (Å²) in [5, 5.41) is 8.09. The average molecular weight is 381 g/mol. The summed E-state index contributed by atoms with van der Waals surface area (Å²) in [4.78, 5) is 35.7. The molecule has 0 saturated carbocycles. The summed E-state index contributed by atoms with van der Waals surface area (Å²) in [5.74, 6) is -0.835. The molecule has 0 aliphatic heterocycles. The molecule has 0 saturated heterocycles. The van der Waals surface area contributed by atoms with Crippen LogP contribution in [0.5, 0.6) is 0 Å². The second-order valence-electron chi connectivity index (χ2n) is 7.72. The summed E-state index contributed by atoms with van der Waals surface area (Å²) < 4.78 is 0. The summed E-state index contributed by atoms with van der Waals surface area (Å²) in [6.45, 7) is 9.40. The Kier molecular flexibility index (Phi) is 6.57. The zero-order chi connectivity index (χ0) is 20.9. The standard InChI is InChI=1S/C22H27N3O3/c1-14-18(24-15(2)26)7-6-8-19(14)25-20(27)13-23-21(28)16-9-11-17(12-10-16)22(3,4)5/h6-12H,13H2,1-5H3,(H,23,28)(H,24,26)(H,25,27). The molecular weight excluding hydrogens is 354 g/mol. The van der Waals surface area contributed by atoms with Crippen molar-refractivity contribution in [2.24, 2.45) is 0 Å². The number of benzene rings is 2. The van der Waals surface area contributed by atoms with E-state index in [-0.39, 0.29) is 29.7 Å². The zero-order valence-corrected chi connectivity index (χ0v) is 17.0. The third-order valence-corrected chi connectivity index (χ3v) is 4.34. The summed E-state index contributed by atoms with van der Waals surface area (Å²) in [6.07, 6.45) is 0. The minimum absolute atomic E-state index is 0.0124. The highest BCUT2D eigenvalue weighted by molar-refractivity contribution is 6.00. The quantitative estimate of drug-likeness (QED) is 0.739. The van der Waals surface area contributed by atoms with Crippen LogP contribution >= 0.6 is 0 Å². The van der Waals surface area contributed by atoms with Crippen molar-refractivity contribution < 1.29 is 14.4 Å². The topological polar surface area (TPSA) is 87.3 Å². The molecule has 2 aromatic carbocycles. The van der Waals surface area contributed by atoms with Gasteiger partial charge in [0.1, 0.15) is 0 Å². The van der Waals surface area contributed by atoms with Gasteiger partial charge in [0.15, 0.2) is 0 Å². The van der Waals surface area contributed by atoms with E-state index in [1.54, 1.807) is 37.3 Å². The molecule has 2 aromatic rings. The van der Waals surface area contributed by atoms with Gasteiger partial charge in [-0.3, -0.25) is 14.4 Å². The minimum Gasteiger partial charge on any atom is -0.343 e. The molecule has 3 amide bonds. The van der Waals surface area contributed by atoms with Crippen molar-refractivity contribution in [2.75, 3.05) is 17.2 Å². The smallest absolute Gasteiger partial charge is 0.251 e. The van der Waals surface area contributed by atoms with Crippen LogP contribution < -0.4 is 16.0 Å². The molecular formula is C22H27N3O3. The van der Waals surface area contributed by atoms with E-state index in [0.717, 1.165) is 11.1 Å². The van der Waals surface area contributed by atoms with Crippen molar-refractivity contribution in [1.29, 1.82) is 0 Å². The monoisotopic (exact) mass is 381 g/mol. The van der Waals surface area contributed by atoms with Gasteiger partial charge in [-0.1, -0.05) is 39.0 Å². The van der Waals surface area contributed by atoms with Gasteiger partial charge in [-0.15, -0.1) is 0 Å². The highest BCUT2D eigenvalue weighted by Gasteiger charge is 2.15. The molecule has 0 aliphatic carbocycles. The first-order chi connectivity index (χ1) is 13.1. The summed E-state index contributed by atoms with van der Waals surface area (Å²) in [7, 11) is 0. The molecule has 2 rings (SSSR count). The lowest BCUT2D eigenvalue weighted by Gasteiger charge is -2.19. The van der Waals surface area contributed by atoms with Crippen molar-refractivity contribution in [3.63, 3.8) is 0 Å². The lowest BCUT2D eigenvalue weighted by Crippen LogP contribution is -2.33. The molecule has 148 valence electrons.